The highest BCUT2D eigenvalue weighted by atomic mass is 35.5. The van der Waals surface area contributed by atoms with Crippen molar-refractivity contribution >= 4 is 23.2 Å². The van der Waals surface area contributed by atoms with Crippen molar-refractivity contribution in [1.29, 1.82) is 0 Å². The molecule has 4 rings (SSSR count). The Labute approximate surface area is 169 Å². The third-order valence-electron chi connectivity index (χ3n) is 4.91. The van der Waals surface area contributed by atoms with Gasteiger partial charge in [0, 0.05) is 11.3 Å². The predicted octanol–water partition coefficient (Wildman–Crippen LogP) is 5.06. The van der Waals surface area contributed by atoms with E-state index < -0.39 is 0 Å². The van der Waals surface area contributed by atoms with Crippen LogP contribution in [-0.2, 0) is 12.8 Å². The fraction of sp³-hybridized carbons (Fsp3) is 0.273. The molecule has 0 aliphatic heterocycles. The first kappa shape index (κ1) is 18.6. The zero-order valence-corrected chi connectivity index (χ0v) is 16.5. The highest BCUT2D eigenvalue weighted by Crippen LogP contribution is 2.31. The van der Waals surface area contributed by atoms with Crippen molar-refractivity contribution < 1.29 is 9.53 Å². The van der Waals surface area contributed by atoms with Crippen LogP contribution in [-0.4, -0.2) is 22.3 Å². The summed E-state index contributed by atoms with van der Waals surface area (Å²) in [6.45, 7) is 2.45. The fourth-order valence-corrected chi connectivity index (χ4v) is 3.85. The van der Waals surface area contributed by atoms with E-state index in [0.717, 1.165) is 42.6 Å². The lowest BCUT2D eigenvalue weighted by Gasteiger charge is -2.15. The van der Waals surface area contributed by atoms with E-state index in [-0.39, 0.29) is 5.91 Å². The van der Waals surface area contributed by atoms with Gasteiger partial charge in [-0.05, 0) is 56.9 Å². The monoisotopic (exact) mass is 395 g/mol. The van der Waals surface area contributed by atoms with Gasteiger partial charge in [-0.1, -0.05) is 35.9 Å². The first-order chi connectivity index (χ1) is 13.7. The number of hydrogen-bond donors (Lipinski definition) is 1. The maximum Gasteiger partial charge on any atom is 0.276 e. The molecule has 144 valence electrons. The van der Waals surface area contributed by atoms with Crippen LogP contribution < -0.4 is 10.1 Å². The molecule has 1 aromatic heterocycles. The Morgan fingerprint density at radius 3 is 2.71 bits per heavy atom. The number of hydrogen-bond acceptors (Lipinski definition) is 3. The number of aromatic nitrogens is 2. The number of halogens is 1. The molecule has 6 heteroatoms. The van der Waals surface area contributed by atoms with Crippen LogP contribution in [0.5, 0.6) is 5.75 Å². The molecule has 1 aliphatic rings. The Kier molecular flexibility index (Phi) is 5.35. The normalized spacial score (nSPS) is 13.1. The number of carbonyl (C=O) groups is 1. The Morgan fingerprint density at radius 2 is 1.89 bits per heavy atom. The lowest BCUT2D eigenvalue weighted by atomic mass is 9.95. The van der Waals surface area contributed by atoms with Crippen molar-refractivity contribution in [3.8, 4) is 11.4 Å². The van der Waals surface area contributed by atoms with Gasteiger partial charge in [0.2, 0.25) is 0 Å². The maximum absolute atomic E-state index is 13.1. The summed E-state index contributed by atoms with van der Waals surface area (Å²) in [5.74, 6) is 0.425. The van der Waals surface area contributed by atoms with Crippen LogP contribution in [0.4, 0.5) is 5.69 Å². The molecule has 1 amide bonds. The quantitative estimate of drug-likeness (QED) is 0.657. The van der Waals surface area contributed by atoms with Crippen molar-refractivity contribution in [3.05, 3.63) is 70.5 Å². The number of nitrogens with zero attached hydrogens (tertiary/aromatic N) is 2. The van der Waals surface area contributed by atoms with E-state index in [0.29, 0.717) is 28.8 Å². The van der Waals surface area contributed by atoms with Gasteiger partial charge in [-0.3, -0.25) is 4.79 Å². The number of ether oxygens (including phenoxy) is 1. The molecule has 5 nitrogen and oxygen atoms in total. The van der Waals surface area contributed by atoms with Crippen molar-refractivity contribution in [3.63, 3.8) is 0 Å². The number of rotatable bonds is 5. The van der Waals surface area contributed by atoms with Gasteiger partial charge in [0.1, 0.15) is 5.75 Å². The summed E-state index contributed by atoms with van der Waals surface area (Å²) in [5, 5.41) is 8.26. The third-order valence-corrected chi connectivity index (χ3v) is 5.23. The largest absolute Gasteiger partial charge is 0.492 e. The second kappa shape index (κ2) is 8.07. The lowest BCUT2D eigenvalue weighted by molar-refractivity contribution is 0.102. The van der Waals surface area contributed by atoms with Crippen molar-refractivity contribution in [1.82, 2.24) is 9.78 Å². The summed E-state index contributed by atoms with van der Waals surface area (Å²) < 4.78 is 7.45. The molecule has 0 fully saturated rings. The summed E-state index contributed by atoms with van der Waals surface area (Å²) in [6.07, 6.45) is 3.86. The van der Waals surface area contributed by atoms with Crippen LogP contribution in [0, 0.1) is 0 Å². The Hall–Kier alpha value is -2.79. The third kappa shape index (κ3) is 3.50. The molecule has 1 aliphatic carbocycles. The van der Waals surface area contributed by atoms with E-state index in [1.54, 1.807) is 0 Å². The molecular formula is C22H22ClN3O2. The molecule has 0 bridgehead atoms. The minimum absolute atomic E-state index is 0.226. The first-order valence-corrected chi connectivity index (χ1v) is 9.95. The number of carbonyl (C=O) groups excluding carboxylic acids is 1. The van der Waals surface area contributed by atoms with Crippen LogP contribution in [0.1, 0.15) is 41.5 Å². The molecule has 1 heterocycles. The zero-order chi connectivity index (χ0) is 19.5. The highest BCUT2D eigenvalue weighted by Gasteiger charge is 2.26. The number of benzene rings is 2. The SMILES string of the molecule is CCOc1ccccc1NC(=O)c1nn(-c2ccccc2Cl)c2c1CCCC2. The minimum atomic E-state index is -0.226. The summed E-state index contributed by atoms with van der Waals surface area (Å²) in [5.41, 5.74) is 3.99. The average Bonchev–Trinajstić information content (AvgIpc) is 3.10. The van der Waals surface area contributed by atoms with E-state index in [2.05, 4.69) is 10.4 Å². The summed E-state index contributed by atoms with van der Waals surface area (Å²) >= 11 is 6.40. The fourth-order valence-electron chi connectivity index (χ4n) is 3.64. The molecule has 0 atom stereocenters. The number of fused-ring (bicyclic) bond motifs is 1. The Balaban J connectivity index is 1.72. The number of amides is 1. The molecule has 0 saturated carbocycles. The van der Waals surface area contributed by atoms with Crippen LogP contribution in [0.2, 0.25) is 5.02 Å². The molecule has 0 saturated heterocycles. The number of para-hydroxylation sites is 3. The van der Waals surface area contributed by atoms with E-state index in [4.69, 9.17) is 16.3 Å². The second-order valence-corrected chi connectivity index (χ2v) is 7.13. The topological polar surface area (TPSA) is 56.1 Å². The smallest absolute Gasteiger partial charge is 0.276 e. The van der Waals surface area contributed by atoms with Crippen molar-refractivity contribution in [2.75, 3.05) is 11.9 Å². The van der Waals surface area contributed by atoms with Gasteiger partial charge in [-0.2, -0.15) is 5.10 Å². The van der Waals surface area contributed by atoms with Gasteiger partial charge in [0.25, 0.3) is 5.91 Å². The maximum atomic E-state index is 13.1. The van der Waals surface area contributed by atoms with Gasteiger partial charge in [0.05, 0.1) is 23.0 Å². The average molecular weight is 396 g/mol. The Morgan fingerprint density at radius 1 is 1.14 bits per heavy atom. The van der Waals surface area contributed by atoms with Crippen LogP contribution >= 0.6 is 11.6 Å². The van der Waals surface area contributed by atoms with Gasteiger partial charge in [-0.15, -0.1) is 0 Å². The molecular weight excluding hydrogens is 374 g/mol. The van der Waals surface area contributed by atoms with Crippen LogP contribution in [0.15, 0.2) is 48.5 Å². The van der Waals surface area contributed by atoms with E-state index >= 15 is 0 Å². The standard InChI is InChI=1S/C22H22ClN3O2/c1-2-28-20-14-8-5-11-17(20)24-22(27)21-15-9-3-6-12-18(15)26(25-21)19-13-7-4-10-16(19)23/h4-5,7-8,10-11,13-14H,2-3,6,9,12H2,1H3,(H,24,27). The highest BCUT2D eigenvalue weighted by molar-refractivity contribution is 6.32. The van der Waals surface area contributed by atoms with Crippen molar-refractivity contribution in [2.24, 2.45) is 0 Å². The molecule has 3 aromatic rings. The minimum Gasteiger partial charge on any atom is -0.492 e. The van der Waals surface area contributed by atoms with Crippen LogP contribution in [0.3, 0.4) is 0 Å². The molecule has 1 N–H and O–H groups in total. The van der Waals surface area contributed by atoms with Gasteiger partial charge >= 0.3 is 0 Å². The molecule has 0 unspecified atom stereocenters. The predicted molar refractivity (Wildman–Crippen MR) is 111 cm³/mol. The molecule has 0 spiro atoms. The summed E-state index contributed by atoms with van der Waals surface area (Å²) in [6, 6.07) is 15.0. The van der Waals surface area contributed by atoms with E-state index in [1.165, 1.54) is 0 Å². The molecule has 28 heavy (non-hydrogen) atoms. The number of anilines is 1. The first-order valence-electron chi connectivity index (χ1n) is 9.58. The van der Waals surface area contributed by atoms with Crippen LogP contribution in [0.25, 0.3) is 5.69 Å². The molecule has 2 aromatic carbocycles. The van der Waals surface area contributed by atoms with Crippen molar-refractivity contribution in [2.45, 2.75) is 32.6 Å². The zero-order valence-electron chi connectivity index (χ0n) is 15.7. The van der Waals surface area contributed by atoms with Gasteiger partial charge in [-0.25, -0.2) is 4.68 Å². The lowest BCUT2D eigenvalue weighted by Crippen LogP contribution is -2.16. The van der Waals surface area contributed by atoms with E-state index in [9.17, 15) is 4.79 Å². The second-order valence-electron chi connectivity index (χ2n) is 6.73. The molecule has 0 radical (unpaired) electrons. The Bertz CT molecular complexity index is 1010. The van der Waals surface area contributed by atoms with Gasteiger partial charge in [0.15, 0.2) is 5.69 Å². The van der Waals surface area contributed by atoms with Gasteiger partial charge < -0.3 is 10.1 Å². The van der Waals surface area contributed by atoms with E-state index in [1.807, 2.05) is 60.1 Å². The summed E-state index contributed by atoms with van der Waals surface area (Å²) in [7, 11) is 0. The number of nitrogens with one attached hydrogen (secondary N) is 1. The summed E-state index contributed by atoms with van der Waals surface area (Å²) in [4.78, 5) is 13.1.